The van der Waals surface area contributed by atoms with Crippen molar-refractivity contribution < 1.29 is 63.0 Å². The monoisotopic (exact) mass is 1230 g/mol. The molecular weight excluding hydrogens is 1140 g/mol. The molecule has 0 bridgehead atoms. The summed E-state index contributed by atoms with van der Waals surface area (Å²) in [5, 5.41) is 0. The average Bonchev–Trinajstić information content (AvgIpc) is 3.13. The molecule has 4 aliphatic heterocycles. The molecule has 0 N–H and O–H groups in total. The van der Waals surface area contributed by atoms with Gasteiger partial charge >= 0.3 is 46.2 Å². The number of hydrogen-bond acceptors (Lipinski definition) is 15. The van der Waals surface area contributed by atoms with Gasteiger partial charge in [-0.15, -0.1) is 0 Å². The van der Waals surface area contributed by atoms with Gasteiger partial charge in [0.2, 0.25) is 27.8 Å². The Morgan fingerprint density at radius 1 is 0.493 bits per heavy atom. The Hall–Kier alpha value is 3.09. The van der Waals surface area contributed by atoms with Gasteiger partial charge < -0.3 is 63.0 Å². The van der Waals surface area contributed by atoms with E-state index in [2.05, 4.69) is 119 Å². The summed E-state index contributed by atoms with van der Waals surface area (Å²) in [5.41, 5.74) is 1.13. The fourth-order valence-corrected chi connectivity index (χ4v) is 68.2. The minimum atomic E-state index is -3.83. The fourth-order valence-electron chi connectivity index (χ4n) is 9.13. The summed E-state index contributed by atoms with van der Waals surface area (Å²) in [6, 6.07) is 11.2. The summed E-state index contributed by atoms with van der Waals surface area (Å²) in [5.74, 6) is 0. The van der Waals surface area contributed by atoms with Gasteiger partial charge in [0.1, 0.15) is 0 Å². The molecule has 0 amide bonds. The van der Waals surface area contributed by atoms with Gasteiger partial charge in [0, 0.05) is 24.4 Å². The fraction of sp³-hybridized carbons (Fsp3) is 1.00. The Morgan fingerprint density at radius 3 is 1.66 bits per heavy atom. The summed E-state index contributed by atoms with van der Waals surface area (Å²) >= 11 is 0. The topological polar surface area (TPSA) is 138 Å². The predicted molar refractivity (Wildman–Crippen MR) is 308 cm³/mol. The van der Waals surface area contributed by atoms with Crippen molar-refractivity contribution in [1.29, 1.82) is 0 Å². The van der Waals surface area contributed by atoms with E-state index >= 15 is 0 Å². The average molecular weight is 1230 g/mol. The van der Waals surface area contributed by atoms with Gasteiger partial charge in [-0.3, -0.25) is 0 Å². The minimum Gasteiger partial charge on any atom is -0.460 e. The molecule has 4 heterocycles. The Labute approximate surface area is 435 Å². The van der Waals surface area contributed by atoms with Crippen LogP contribution in [0.3, 0.4) is 0 Å². The third kappa shape index (κ3) is 25.2. The Morgan fingerprint density at radius 2 is 1.01 bits per heavy atom. The third-order valence-corrected chi connectivity index (χ3v) is 65.3. The molecule has 13 unspecified atom stereocenters. The van der Waals surface area contributed by atoms with Crippen LogP contribution in [0.1, 0.15) is 27.7 Å². The molecule has 0 aliphatic carbocycles. The van der Waals surface area contributed by atoms with E-state index in [1.165, 1.54) is 0 Å². The summed E-state index contributed by atoms with van der Waals surface area (Å²) < 4.78 is 102. The first-order chi connectivity index (χ1) is 31.2. The smallest absolute Gasteiger partial charge is 0.460 e. The lowest BCUT2D eigenvalue weighted by Crippen LogP contribution is -2.64. The first-order valence-corrected chi connectivity index (χ1v) is 62.3. The van der Waals surface area contributed by atoms with Gasteiger partial charge in [-0.1, -0.05) is 0 Å². The molecule has 0 spiro atoms. The van der Waals surface area contributed by atoms with Crippen LogP contribution in [0.2, 0.25) is 170 Å². The van der Waals surface area contributed by atoms with Gasteiger partial charge in [-0.25, -0.2) is 0 Å². The van der Waals surface area contributed by atoms with Crippen molar-refractivity contribution in [2.75, 3.05) is 0 Å². The molecule has 0 saturated carbocycles. The van der Waals surface area contributed by atoms with Crippen LogP contribution in [0, 0.1) is 0 Å². The Bertz CT molecular complexity index is 1250. The lowest BCUT2D eigenvalue weighted by atomic mass is 10.5. The largest absolute Gasteiger partial charge is 0.636 e. The molecule has 6 radical (unpaired) electrons. The number of rotatable bonds is 20. The maximum Gasteiger partial charge on any atom is 0.636 e. The summed E-state index contributed by atoms with van der Waals surface area (Å²) in [6.07, 6.45) is 0.742. The van der Waals surface area contributed by atoms with Crippen molar-refractivity contribution in [3.63, 3.8) is 0 Å². The van der Waals surface area contributed by atoms with E-state index in [9.17, 15) is 0 Å². The second-order valence-corrected chi connectivity index (χ2v) is 66.7. The van der Waals surface area contributed by atoms with E-state index in [-0.39, 0.29) is 34.2 Å². The lowest BCUT2D eigenvalue weighted by molar-refractivity contribution is 0.151. The predicted octanol–water partition coefficient (Wildman–Crippen LogP) is 6.25. The normalized spacial score (nSPS) is 35.0. The second-order valence-electron chi connectivity index (χ2n) is 21.4. The maximum absolute atomic E-state index is 7.70. The number of hydrogen-bond donors (Lipinski definition) is 0. The molecule has 4 fully saturated rings. The molecule has 0 aromatic carbocycles. The van der Waals surface area contributed by atoms with Gasteiger partial charge in [-0.05, 0) is 198 Å². The zero-order valence-corrected chi connectivity index (χ0v) is 63.0. The second kappa shape index (κ2) is 29.6. The van der Waals surface area contributed by atoms with Crippen LogP contribution in [0.4, 0.5) is 0 Å². The highest BCUT2D eigenvalue weighted by Crippen LogP contribution is 2.35. The zero-order valence-electron chi connectivity index (χ0n) is 44.7. The lowest BCUT2D eigenvalue weighted by Gasteiger charge is -2.44. The Kier molecular flexibility index (Phi) is 27.6. The molecule has 0 aromatic rings. The maximum atomic E-state index is 7.70. The van der Waals surface area contributed by atoms with Crippen LogP contribution in [0.25, 0.3) is 0 Å². The molecule has 4 aliphatic rings. The molecule has 4 saturated heterocycles. The van der Waals surface area contributed by atoms with E-state index in [4.69, 9.17) is 63.0 Å². The van der Waals surface area contributed by atoms with Crippen LogP contribution in [0.5, 0.6) is 0 Å². The van der Waals surface area contributed by atoms with Crippen molar-refractivity contribution >= 4 is 154 Å². The van der Waals surface area contributed by atoms with Crippen molar-refractivity contribution in [2.45, 2.75) is 222 Å². The third-order valence-electron chi connectivity index (χ3n) is 11.9. The molecule has 0 aromatic heterocycles. The van der Waals surface area contributed by atoms with Crippen LogP contribution < -0.4 is 0 Å². The van der Waals surface area contributed by atoms with E-state index < -0.39 is 144 Å². The zero-order chi connectivity index (χ0) is 49.7. The van der Waals surface area contributed by atoms with Crippen molar-refractivity contribution in [1.82, 2.24) is 0 Å². The highest BCUT2D eigenvalue weighted by atomic mass is 28.5. The van der Waals surface area contributed by atoms with E-state index in [0.29, 0.717) is 0 Å². The van der Waals surface area contributed by atoms with Gasteiger partial charge in [-0.2, -0.15) is 0 Å². The summed E-state index contributed by atoms with van der Waals surface area (Å²) in [4.78, 5) is 0. The van der Waals surface area contributed by atoms with E-state index in [0.717, 1.165) is 78.2 Å². The van der Waals surface area contributed by atoms with Gasteiger partial charge in [0.15, 0.2) is 61.1 Å². The molecule has 32 heteroatoms. The molecule has 15 nitrogen and oxygen atoms in total. The van der Waals surface area contributed by atoms with Crippen LogP contribution >= 0.6 is 0 Å². The van der Waals surface area contributed by atoms with Crippen LogP contribution in [0.15, 0.2) is 0 Å². The quantitative estimate of drug-likeness (QED) is 0.100. The van der Waals surface area contributed by atoms with Crippen LogP contribution in [-0.4, -0.2) is 178 Å². The van der Waals surface area contributed by atoms with Crippen molar-refractivity contribution in [2.24, 2.45) is 0 Å². The van der Waals surface area contributed by atoms with Crippen molar-refractivity contribution in [3.8, 4) is 0 Å². The van der Waals surface area contributed by atoms with Gasteiger partial charge in [0.25, 0.3) is 18.6 Å². The summed E-state index contributed by atoms with van der Waals surface area (Å²) in [6.45, 7) is 40.6. The summed E-state index contributed by atoms with van der Waals surface area (Å²) in [7, 11) is -28.8. The highest BCUT2D eigenvalue weighted by molar-refractivity contribution is 6.90. The van der Waals surface area contributed by atoms with E-state index in [1.54, 1.807) is 0 Å². The molecule has 13 atom stereocenters. The molecule has 390 valence electrons. The molecular formula is C35H92O15Si17. The molecule has 67 heavy (non-hydrogen) atoms. The SMILES string of the molecule is CC1C[SiH](C)O[SiH](C)C[Si](CC[Si](C)(C)O[Si](O[Si]CC[Si]2O[SiH](C)CC(C)O[SiH](C)O2)(O[Si](C)(C)CC[Si]2CC(C)O[SiH](C)O[SiH](C)O2)O[Si](C)(C)CC[Si]2OC(C)C[SiH](C)O[SiH](C)O2)O1. The van der Waals surface area contributed by atoms with Gasteiger partial charge in [0.05, 0.1) is 0 Å². The van der Waals surface area contributed by atoms with E-state index in [1.807, 2.05) is 0 Å². The minimum absolute atomic E-state index is 0.119. The first kappa shape index (κ1) is 62.6. The highest BCUT2D eigenvalue weighted by Gasteiger charge is 2.56. The first-order valence-electron chi connectivity index (χ1n) is 25.4. The standard InChI is InChI=1S/C35H92O15Si17/c1-32-27-54(7)43-63(46-57(10)36-32)20-19-51-40-67(48-64(13,14)24-21-60-30-35(4)37-56(9)44-59(12)45-60,49-65(15,16)25-22-61-31-55(8)41-52(5)28-33(2)38-61)50-66(17,18)26-23-62-39-34(3)29-53(6)42-58(11)47-62/h32-35,52-59H,19-31H2,1-18H3. The molecule has 4 rings (SSSR count). The van der Waals surface area contributed by atoms with Crippen molar-refractivity contribution in [3.05, 3.63) is 0 Å². The Balaban J connectivity index is 1.64. The van der Waals surface area contributed by atoms with Crippen LogP contribution in [-0.2, 0) is 63.0 Å².